The summed E-state index contributed by atoms with van der Waals surface area (Å²) in [5, 5.41) is 10.7. The van der Waals surface area contributed by atoms with E-state index < -0.39 is 11.8 Å². The zero-order chi connectivity index (χ0) is 19.6. The Bertz CT molecular complexity index is 978. The Morgan fingerprint density at radius 1 is 1.33 bits per heavy atom. The van der Waals surface area contributed by atoms with Crippen molar-refractivity contribution in [3.63, 3.8) is 0 Å². The largest absolute Gasteiger partial charge is 0.504 e. The second-order valence-corrected chi connectivity index (χ2v) is 7.90. The molecule has 1 aliphatic heterocycles. The van der Waals surface area contributed by atoms with E-state index in [0.29, 0.717) is 26.3 Å². The molecule has 0 unspecified atom stereocenters. The number of methoxy groups -OCH3 is 1. The first-order valence-corrected chi connectivity index (χ1v) is 9.63. The Hall–Kier alpha value is -2.36. The third-order valence-corrected chi connectivity index (χ3v) is 5.62. The molecular formula is C18H13BrN2O4S2. The fraction of sp³-hybridized carbons (Fsp3) is 0.0556. The number of halogens is 1. The lowest BCUT2D eigenvalue weighted by molar-refractivity contribution is -0.123. The van der Waals surface area contributed by atoms with Gasteiger partial charge in [-0.25, -0.2) is 0 Å². The van der Waals surface area contributed by atoms with Crippen molar-refractivity contribution < 1.29 is 19.4 Å². The van der Waals surface area contributed by atoms with Crippen LogP contribution in [-0.2, 0) is 4.79 Å². The number of benzene rings is 2. The van der Waals surface area contributed by atoms with Gasteiger partial charge in [0.1, 0.15) is 0 Å². The number of hydrogen-bond donors (Lipinski definition) is 2. The maximum Gasteiger partial charge on any atom is 0.285 e. The van der Waals surface area contributed by atoms with Gasteiger partial charge in [0.05, 0.1) is 17.6 Å². The number of hydrogen-bond acceptors (Lipinski definition) is 6. The highest BCUT2D eigenvalue weighted by molar-refractivity contribution is 9.10. The highest BCUT2D eigenvalue weighted by atomic mass is 79.9. The van der Waals surface area contributed by atoms with Crippen molar-refractivity contribution >= 4 is 62.1 Å². The molecule has 0 aromatic heterocycles. The van der Waals surface area contributed by atoms with Gasteiger partial charge in [-0.2, -0.15) is 5.01 Å². The minimum absolute atomic E-state index is 0.00269. The number of aromatic hydroxyl groups is 1. The molecular weight excluding hydrogens is 452 g/mol. The summed E-state index contributed by atoms with van der Waals surface area (Å²) in [6, 6.07) is 11.6. The number of hydrazine groups is 1. The van der Waals surface area contributed by atoms with Crippen molar-refractivity contribution in [3.05, 3.63) is 63.0 Å². The Labute approximate surface area is 173 Å². The smallest absolute Gasteiger partial charge is 0.285 e. The quantitative estimate of drug-likeness (QED) is 0.530. The number of thioether (sulfide) groups is 1. The molecule has 2 aromatic rings. The molecule has 6 nitrogen and oxygen atoms in total. The average molecular weight is 465 g/mol. The summed E-state index contributed by atoms with van der Waals surface area (Å²) in [6.45, 7) is 0. The van der Waals surface area contributed by atoms with E-state index in [1.807, 2.05) is 0 Å². The molecule has 1 heterocycles. The van der Waals surface area contributed by atoms with Crippen LogP contribution in [0.5, 0.6) is 11.5 Å². The summed E-state index contributed by atoms with van der Waals surface area (Å²) in [7, 11) is 1.44. The minimum Gasteiger partial charge on any atom is -0.504 e. The first-order chi connectivity index (χ1) is 12.9. The number of ether oxygens (including phenoxy) is 1. The third kappa shape index (κ3) is 4.15. The normalized spacial score (nSPS) is 15.3. The molecule has 0 bridgehead atoms. The molecule has 1 aliphatic rings. The zero-order valence-electron chi connectivity index (χ0n) is 13.9. The Morgan fingerprint density at radius 2 is 2.07 bits per heavy atom. The van der Waals surface area contributed by atoms with Gasteiger partial charge in [-0.3, -0.25) is 15.0 Å². The molecule has 2 N–H and O–H groups in total. The van der Waals surface area contributed by atoms with Gasteiger partial charge in [0.2, 0.25) is 0 Å². The van der Waals surface area contributed by atoms with E-state index in [0.717, 1.165) is 16.8 Å². The van der Waals surface area contributed by atoms with Gasteiger partial charge < -0.3 is 9.84 Å². The number of rotatable bonds is 4. The van der Waals surface area contributed by atoms with Crippen LogP contribution in [0.4, 0.5) is 0 Å². The van der Waals surface area contributed by atoms with Crippen molar-refractivity contribution in [2.75, 3.05) is 7.11 Å². The predicted molar refractivity (Wildman–Crippen MR) is 111 cm³/mol. The van der Waals surface area contributed by atoms with Gasteiger partial charge >= 0.3 is 0 Å². The van der Waals surface area contributed by atoms with E-state index in [1.54, 1.807) is 42.5 Å². The van der Waals surface area contributed by atoms with Gasteiger partial charge in [-0.15, -0.1) is 0 Å². The second kappa shape index (κ2) is 8.12. The lowest BCUT2D eigenvalue weighted by Gasteiger charge is -2.16. The van der Waals surface area contributed by atoms with Gasteiger partial charge in [0, 0.05) is 4.47 Å². The number of thiocarbonyl (C=S) groups is 1. The summed E-state index contributed by atoms with van der Waals surface area (Å²) in [6.07, 6.45) is 1.62. The number of phenols is 1. The topological polar surface area (TPSA) is 78.9 Å². The maximum atomic E-state index is 12.6. The number of amides is 2. The third-order valence-electron chi connectivity index (χ3n) is 3.63. The zero-order valence-corrected chi connectivity index (χ0v) is 17.2. The van der Waals surface area contributed by atoms with Crippen LogP contribution in [0.25, 0.3) is 6.08 Å². The molecule has 3 rings (SSSR count). The highest BCUT2D eigenvalue weighted by Gasteiger charge is 2.34. The number of phenolic OH excluding ortho intramolecular Hbond substituents is 1. The van der Waals surface area contributed by atoms with E-state index >= 15 is 0 Å². The van der Waals surface area contributed by atoms with E-state index in [9.17, 15) is 14.7 Å². The maximum absolute atomic E-state index is 12.6. The van der Waals surface area contributed by atoms with E-state index in [4.69, 9.17) is 17.0 Å². The standard InChI is InChI=1S/C18H13BrN2O4S2/c1-25-14-8-10(6-7-13(14)22)9-15-17(24)21(18(26)27-15)20-16(23)11-4-2-3-5-12(11)19/h2-9,22H,1H3,(H,20,23). The lowest BCUT2D eigenvalue weighted by Crippen LogP contribution is -2.44. The van der Waals surface area contributed by atoms with E-state index in [2.05, 4.69) is 21.4 Å². The van der Waals surface area contributed by atoms with Crippen molar-refractivity contribution in [1.29, 1.82) is 0 Å². The first kappa shape index (κ1) is 19.4. The summed E-state index contributed by atoms with van der Waals surface area (Å²) in [4.78, 5) is 25.4. The van der Waals surface area contributed by atoms with Crippen LogP contribution < -0.4 is 10.2 Å². The Kier molecular flexibility index (Phi) is 5.83. The molecule has 27 heavy (non-hydrogen) atoms. The lowest BCUT2D eigenvalue weighted by atomic mass is 10.2. The van der Waals surface area contributed by atoms with Crippen LogP contribution in [0.15, 0.2) is 51.8 Å². The molecule has 0 radical (unpaired) electrons. The van der Waals surface area contributed by atoms with E-state index in [-0.39, 0.29) is 10.1 Å². The summed E-state index contributed by atoms with van der Waals surface area (Å²) in [5.41, 5.74) is 3.57. The SMILES string of the molecule is COc1cc(C=C2SC(=S)N(NC(=O)c3ccccc3Br)C2=O)ccc1O. The molecule has 0 spiro atoms. The Balaban J connectivity index is 1.81. The molecule has 1 fully saturated rings. The molecule has 9 heteroatoms. The molecule has 0 aliphatic carbocycles. The summed E-state index contributed by atoms with van der Waals surface area (Å²) in [5.74, 6) is -0.590. The molecule has 2 aromatic carbocycles. The van der Waals surface area contributed by atoms with Crippen molar-refractivity contribution in [2.45, 2.75) is 0 Å². The summed E-state index contributed by atoms with van der Waals surface area (Å²) >= 11 is 9.60. The first-order valence-electron chi connectivity index (χ1n) is 7.61. The average Bonchev–Trinajstić information content (AvgIpc) is 2.91. The van der Waals surface area contributed by atoms with Crippen LogP contribution >= 0.6 is 39.9 Å². The van der Waals surface area contributed by atoms with Crippen LogP contribution in [0.2, 0.25) is 0 Å². The van der Waals surface area contributed by atoms with Gasteiger partial charge in [-0.05, 0) is 64.1 Å². The fourth-order valence-electron chi connectivity index (χ4n) is 2.31. The molecule has 0 atom stereocenters. The van der Waals surface area contributed by atoms with Gasteiger partial charge in [0.25, 0.3) is 11.8 Å². The van der Waals surface area contributed by atoms with Crippen LogP contribution in [0.3, 0.4) is 0 Å². The summed E-state index contributed by atoms with van der Waals surface area (Å²) < 4.78 is 5.89. The van der Waals surface area contributed by atoms with Crippen molar-refractivity contribution in [2.24, 2.45) is 0 Å². The fourth-order valence-corrected chi connectivity index (χ4v) is 3.95. The van der Waals surface area contributed by atoms with Gasteiger partial charge in [-0.1, -0.05) is 30.0 Å². The van der Waals surface area contributed by atoms with Crippen LogP contribution in [-0.4, -0.2) is 33.4 Å². The number of nitrogens with zero attached hydrogens (tertiary/aromatic N) is 1. The van der Waals surface area contributed by atoms with Crippen molar-refractivity contribution in [3.8, 4) is 11.5 Å². The molecule has 2 amide bonds. The number of carbonyl (C=O) groups excluding carboxylic acids is 2. The second-order valence-electron chi connectivity index (χ2n) is 5.37. The highest BCUT2D eigenvalue weighted by Crippen LogP contribution is 2.33. The monoisotopic (exact) mass is 464 g/mol. The predicted octanol–water partition coefficient (Wildman–Crippen LogP) is 3.71. The molecule has 1 saturated heterocycles. The van der Waals surface area contributed by atoms with Crippen molar-refractivity contribution in [1.82, 2.24) is 10.4 Å². The number of carbonyl (C=O) groups is 2. The number of nitrogens with one attached hydrogen (secondary N) is 1. The van der Waals surface area contributed by atoms with Gasteiger partial charge in [0.15, 0.2) is 15.8 Å². The minimum atomic E-state index is -0.452. The van der Waals surface area contributed by atoms with Crippen LogP contribution in [0.1, 0.15) is 15.9 Å². The Morgan fingerprint density at radius 3 is 2.78 bits per heavy atom. The van der Waals surface area contributed by atoms with Crippen LogP contribution in [0, 0.1) is 0 Å². The van der Waals surface area contributed by atoms with E-state index in [1.165, 1.54) is 13.2 Å². The molecule has 0 saturated carbocycles. The molecule has 138 valence electrons.